The van der Waals surface area contributed by atoms with Crippen molar-refractivity contribution < 1.29 is 18.7 Å². The third-order valence-electron chi connectivity index (χ3n) is 4.59. The molecule has 0 saturated carbocycles. The number of carbonyl (C=O) groups excluding carboxylic acids is 2. The maximum absolute atomic E-state index is 13.1. The molecule has 3 aromatic rings. The summed E-state index contributed by atoms with van der Waals surface area (Å²) in [6.07, 6.45) is 3.78. The smallest absolute Gasteiger partial charge is 0.255 e. The topological polar surface area (TPSA) is 87.3 Å². The van der Waals surface area contributed by atoms with Crippen LogP contribution in [0, 0.1) is 5.82 Å². The molecule has 3 rings (SSSR count). The molecule has 0 aliphatic carbocycles. The van der Waals surface area contributed by atoms with Crippen LogP contribution in [-0.4, -0.2) is 54.7 Å². The van der Waals surface area contributed by atoms with Gasteiger partial charge in [-0.1, -0.05) is 18.2 Å². The van der Waals surface area contributed by atoms with E-state index in [-0.39, 0.29) is 30.6 Å². The zero-order chi connectivity index (χ0) is 21.7. The highest BCUT2D eigenvalue weighted by molar-refractivity contribution is 6.05. The maximum Gasteiger partial charge on any atom is 0.255 e. The summed E-state index contributed by atoms with van der Waals surface area (Å²) in [4.78, 5) is 25.8. The number of fused-ring (bicyclic) bond motifs is 1. The summed E-state index contributed by atoms with van der Waals surface area (Å²) in [5.41, 5.74) is 2.46. The predicted octanol–water partition coefficient (Wildman–Crippen LogP) is 3.09. The van der Waals surface area contributed by atoms with E-state index < -0.39 is 0 Å². The standard InChI is InChI=1S/C22H23FN4O3/c1-27(2)19(28)12-13-24-22(29)16-9-11-18-20(21(16)30-3)17(25-26-18)10-6-14-4-7-15(23)8-5-14/h4-11H,12-13H2,1-3H3,(H,24,29)(H,25,26). The van der Waals surface area contributed by atoms with Crippen molar-refractivity contribution in [3.8, 4) is 5.75 Å². The first-order valence-corrected chi connectivity index (χ1v) is 9.37. The second-order valence-electron chi connectivity index (χ2n) is 6.86. The van der Waals surface area contributed by atoms with Crippen molar-refractivity contribution in [1.29, 1.82) is 0 Å². The number of hydrogen-bond acceptors (Lipinski definition) is 4. The van der Waals surface area contributed by atoms with Gasteiger partial charge >= 0.3 is 0 Å². The van der Waals surface area contributed by atoms with Crippen LogP contribution in [0.25, 0.3) is 23.1 Å². The van der Waals surface area contributed by atoms with Crippen LogP contribution in [0.5, 0.6) is 5.75 Å². The third-order valence-corrected chi connectivity index (χ3v) is 4.59. The number of benzene rings is 2. The summed E-state index contributed by atoms with van der Waals surface area (Å²) in [6.45, 7) is 0.222. The first kappa shape index (κ1) is 21.0. The van der Waals surface area contributed by atoms with Crippen molar-refractivity contribution in [2.75, 3.05) is 27.7 Å². The van der Waals surface area contributed by atoms with Crippen LogP contribution in [0.15, 0.2) is 36.4 Å². The van der Waals surface area contributed by atoms with Gasteiger partial charge in [-0.3, -0.25) is 14.7 Å². The van der Waals surface area contributed by atoms with Gasteiger partial charge in [-0.05, 0) is 35.9 Å². The van der Waals surface area contributed by atoms with E-state index in [2.05, 4.69) is 15.5 Å². The molecule has 30 heavy (non-hydrogen) atoms. The molecule has 1 aromatic heterocycles. The van der Waals surface area contributed by atoms with Gasteiger partial charge in [0.25, 0.3) is 5.91 Å². The lowest BCUT2D eigenvalue weighted by molar-refractivity contribution is -0.128. The second-order valence-corrected chi connectivity index (χ2v) is 6.86. The Balaban J connectivity index is 1.86. The van der Waals surface area contributed by atoms with E-state index in [0.717, 1.165) is 5.56 Å². The Labute approximate surface area is 173 Å². The number of amides is 2. The van der Waals surface area contributed by atoms with Crippen molar-refractivity contribution in [2.45, 2.75) is 6.42 Å². The average molecular weight is 410 g/mol. The van der Waals surface area contributed by atoms with Gasteiger partial charge in [-0.25, -0.2) is 4.39 Å². The lowest BCUT2D eigenvalue weighted by Gasteiger charge is -2.12. The molecule has 0 unspecified atom stereocenters. The van der Waals surface area contributed by atoms with Crippen LogP contribution in [0.2, 0.25) is 0 Å². The van der Waals surface area contributed by atoms with Crippen molar-refractivity contribution in [2.24, 2.45) is 0 Å². The zero-order valence-electron chi connectivity index (χ0n) is 17.0. The molecular weight excluding hydrogens is 387 g/mol. The SMILES string of the molecule is COc1c(C(=O)NCCC(=O)N(C)C)ccc2[nH]nc(C=Cc3ccc(F)cc3)c12. The normalized spacial score (nSPS) is 11.1. The minimum absolute atomic E-state index is 0.0687. The summed E-state index contributed by atoms with van der Waals surface area (Å²) >= 11 is 0. The lowest BCUT2D eigenvalue weighted by atomic mass is 10.1. The molecule has 0 atom stereocenters. The molecule has 0 aliphatic heterocycles. The zero-order valence-corrected chi connectivity index (χ0v) is 17.0. The molecular formula is C22H23FN4O3. The Morgan fingerprint density at radius 2 is 1.90 bits per heavy atom. The molecule has 2 amide bonds. The highest BCUT2D eigenvalue weighted by Crippen LogP contribution is 2.32. The van der Waals surface area contributed by atoms with Gasteiger partial charge in [-0.2, -0.15) is 5.10 Å². The number of rotatable bonds is 7. The second kappa shape index (κ2) is 9.21. The first-order chi connectivity index (χ1) is 14.4. The van der Waals surface area contributed by atoms with Crippen LogP contribution in [0.1, 0.15) is 28.0 Å². The molecule has 2 N–H and O–H groups in total. The monoisotopic (exact) mass is 410 g/mol. The van der Waals surface area contributed by atoms with E-state index in [1.165, 1.54) is 24.1 Å². The fourth-order valence-corrected chi connectivity index (χ4v) is 2.97. The first-order valence-electron chi connectivity index (χ1n) is 9.37. The number of halogens is 1. The summed E-state index contributed by atoms with van der Waals surface area (Å²) in [5, 5.41) is 10.6. The summed E-state index contributed by atoms with van der Waals surface area (Å²) < 4.78 is 18.6. The molecule has 0 radical (unpaired) electrons. The molecule has 1 heterocycles. The highest BCUT2D eigenvalue weighted by atomic mass is 19.1. The Morgan fingerprint density at radius 1 is 1.17 bits per heavy atom. The highest BCUT2D eigenvalue weighted by Gasteiger charge is 2.19. The average Bonchev–Trinajstić information content (AvgIpc) is 3.15. The molecule has 0 saturated heterocycles. The van der Waals surface area contributed by atoms with Crippen LogP contribution in [0.3, 0.4) is 0 Å². The summed E-state index contributed by atoms with van der Waals surface area (Å²) in [7, 11) is 4.82. The van der Waals surface area contributed by atoms with Gasteiger partial charge in [0.15, 0.2) is 0 Å². The number of aromatic nitrogens is 2. The van der Waals surface area contributed by atoms with Gasteiger partial charge in [0.1, 0.15) is 11.6 Å². The van der Waals surface area contributed by atoms with E-state index in [1.807, 2.05) is 0 Å². The minimum atomic E-state index is -0.338. The number of methoxy groups -OCH3 is 1. The molecule has 7 nitrogen and oxygen atoms in total. The molecule has 0 aliphatic rings. The largest absolute Gasteiger partial charge is 0.495 e. The van der Waals surface area contributed by atoms with E-state index in [9.17, 15) is 14.0 Å². The lowest BCUT2D eigenvalue weighted by Crippen LogP contribution is -2.30. The number of carbonyl (C=O) groups is 2. The van der Waals surface area contributed by atoms with Crippen molar-refractivity contribution in [3.05, 3.63) is 59.0 Å². The van der Waals surface area contributed by atoms with Crippen LogP contribution in [-0.2, 0) is 4.79 Å². The van der Waals surface area contributed by atoms with Crippen molar-refractivity contribution >= 4 is 34.9 Å². The summed E-state index contributed by atoms with van der Waals surface area (Å²) in [6, 6.07) is 9.48. The summed E-state index contributed by atoms with van der Waals surface area (Å²) in [5.74, 6) is -0.325. The maximum atomic E-state index is 13.1. The van der Waals surface area contributed by atoms with Gasteiger partial charge in [-0.15, -0.1) is 0 Å². The van der Waals surface area contributed by atoms with Gasteiger partial charge in [0.2, 0.25) is 5.91 Å². The molecule has 2 aromatic carbocycles. The molecule has 156 valence electrons. The molecule has 0 bridgehead atoms. The molecule has 8 heteroatoms. The van der Waals surface area contributed by atoms with E-state index in [4.69, 9.17) is 4.74 Å². The van der Waals surface area contributed by atoms with E-state index >= 15 is 0 Å². The van der Waals surface area contributed by atoms with Crippen molar-refractivity contribution in [3.63, 3.8) is 0 Å². The van der Waals surface area contributed by atoms with Crippen LogP contribution < -0.4 is 10.1 Å². The van der Waals surface area contributed by atoms with Crippen LogP contribution >= 0.6 is 0 Å². The molecule has 0 fully saturated rings. The fourth-order valence-electron chi connectivity index (χ4n) is 2.97. The van der Waals surface area contributed by atoms with E-state index in [0.29, 0.717) is 27.9 Å². The predicted molar refractivity (Wildman–Crippen MR) is 114 cm³/mol. The minimum Gasteiger partial charge on any atom is -0.495 e. The Bertz CT molecular complexity index is 1090. The van der Waals surface area contributed by atoms with Crippen molar-refractivity contribution in [1.82, 2.24) is 20.4 Å². The van der Waals surface area contributed by atoms with Gasteiger partial charge < -0.3 is 15.0 Å². The fraction of sp³-hybridized carbons (Fsp3) is 0.227. The molecule has 0 spiro atoms. The number of hydrogen-bond donors (Lipinski definition) is 2. The van der Waals surface area contributed by atoms with Gasteiger partial charge in [0, 0.05) is 27.1 Å². The number of aromatic amines is 1. The number of ether oxygens (including phenoxy) is 1. The number of nitrogens with one attached hydrogen (secondary N) is 2. The number of H-pyrrole nitrogens is 1. The van der Waals surface area contributed by atoms with Gasteiger partial charge in [0.05, 0.1) is 29.3 Å². The quantitative estimate of drug-likeness (QED) is 0.627. The Morgan fingerprint density at radius 3 is 2.57 bits per heavy atom. The Hall–Kier alpha value is -3.68. The van der Waals surface area contributed by atoms with E-state index in [1.54, 1.807) is 50.5 Å². The third kappa shape index (κ3) is 4.65. The van der Waals surface area contributed by atoms with Crippen LogP contribution in [0.4, 0.5) is 4.39 Å². The number of nitrogens with zero attached hydrogens (tertiary/aromatic N) is 2. The Kier molecular flexibility index (Phi) is 6.46.